The summed E-state index contributed by atoms with van der Waals surface area (Å²) in [6.45, 7) is 6.47. The van der Waals surface area contributed by atoms with Crippen LogP contribution in [0.2, 0.25) is 0 Å². The second kappa shape index (κ2) is 9.28. The Balaban J connectivity index is 1.37. The van der Waals surface area contributed by atoms with Crippen molar-refractivity contribution in [1.82, 2.24) is 14.7 Å². The Kier molecular flexibility index (Phi) is 7.03. The predicted molar refractivity (Wildman–Crippen MR) is 101 cm³/mol. The summed E-state index contributed by atoms with van der Waals surface area (Å²) in [4.78, 5) is 6.61. The van der Waals surface area contributed by atoms with Crippen LogP contribution in [0.4, 0.5) is 8.78 Å². The molecular weight excluding hydrogens is 352 g/mol. The minimum Gasteiger partial charge on any atom is -0.491 e. The highest BCUT2D eigenvalue weighted by Gasteiger charge is 2.33. The highest BCUT2D eigenvalue weighted by molar-refractivity contribution is 5.27. The number of nitrogens with zero attached hydrogens (tertiary/aromatic N) is 3. The van der Waals surface area contributed by atoms with E-state index in [2.05, 4.69) is 21.7 Å². The van der Waals surface area contributed by atoms with Crippen LogP contribution in [0, 0.1) is 0 Å². The van der Waals surface area contributed by atoms with Gasteiger partial charge in [-0.15, -0.1) is 0 Å². The van der Waals surface area contributed by atoms with Gasteiger partial charge in [0.05, 0.1) is 0 Å². The van der Waals surface area contributed by atoms with Crippen LogP contribution in [0.1, 0.15) is 18.4 Å². The molecule has 0 spiro atoms. The van der Waals surface area contributed by atoms with Gasteiger partial charge in [-0.2, -0.15) is 0 Å². The number of aliphatic hydroxyl groups excluding tert-OH is 1. The molecule has 2 aliphatic heterocycles. The highest BCUT2D eigenvalue weighted by atomic mass is 19.3. The molecule has 1 aromatic carbocycles. The van der Waals surface area contributed by atoms with E-state index in [1.54, 1.807) is 0 Å². The Morgan fingerprint density at radius 1 is 1.00 bits per heavy atom. The van der Waals surface area contributed by atoms with E-state index in [1.165, 1.54) is 0 Å². The summed E-state index contributed by atoms with van der Waals surface area (Å²) >= 11 is 0. The number of piperazine rings is 1. The molecule has 7 heteroatoms. The third kappa shape index (κ3) is 6.68. The summed E-state index contributed by atoms with van der Waals surface area (Å²) in [6, 6.07) is 7.71. The second-order valence-corrected chi connectivity index (χ2v) is 7.84. The average molecular weight is 383 g/mol. The topological polar surface area (TPSA) is 39.2 Å². The fraction of sp³-hybridized carbons (Fsp3) is 0.700. The first kappa shape index (κ1) is 20.5. The molecule has 2 fully saturated rings. The van der Waals surface area contributed by atoms with E-state index < -0.39 is 12.0 Å². The zero-order valence-corrected chi connectivity index (χ0v) is 16.1. The lowest BCUT2D eigenvalue weighted by Crippen LogP contribution is -2.47. The van der Waals surface area contributed by atoms with E-state index in [4.69, 9.17) is 4.74 Å². The third-order valence-corrected chi connectivity index (χ3v) is 5.42. The molecule has 0 aliphatic carbocycles. The Bertz CT molecular complexity index is 567. The number of benzene rings is 1. The van der Waals surface area contributed by atoms with Gasteiger partial charge in [-0.25, -0.2) is 8.78 Å². The van der Waals surface area contributed by atoms with Gasteiger partial charge in [0, 0.05) is 65.2 Å². The number of ether oxygens (including phenoxy) is 1. The molecule has 5 nitrogen and oxygen atoms in total. The molecule has 1 N–H and O–H groups in total. The minimum absolute atomic E-state index is 0.0562. The molecule has 0 bridgehead atoms. The molecule has 0 unspecified atom stereocenters. The van der Waals surface area contributed by atoms with Crippen molar-refractivity contribution in [2.45, 2.75) is 31.4 Å². The summed E-state index contributed by atoms with van der Waals surface area (Å²) in [5, 5.41) is 10.2. The molecule has 0 radical (unpaired) electrons. The zero-order chi connectivity index (χ0) is 19.3. The minimum atomic E-state index is -2.50. The number of hydrogen-bond donors (Lipinski definition) is 1. The Morgan fingerprint density at radius 3 is 2.26 bits per heavy atom. The highest BCUT2D eigenvalue weighted by Crippen LogP contribution is 2.28. The van der Waals surface area contributed by atoms with Crippen LogP contribution in [0.15, 0.2) is 24.3 Å². The number of halogens is 2. The predicted octanol–water partition coefficient (Wildman–Crippen LogP) is 1.90. The second-order valence-electron chi connectivity index (χ2n) is 7.84. The van der Waals surface area contributed by atoms with E-state index in [0.29, 0.717) is 26.2 Å². The van der Waals surface area contributed by atoms with Crippen LogP contribution in [-0.2, 0) is 6.54 Å². The maximum absolute atomic E-state index is 13.2. The molecule has 0 saturated carbocycles. The van der Waals surface area contributed by atoms with Crippen LogP contribution in [0.3, 0.4) is 0 Å². The van der Waals surface area contributed by atoms with Crippen LogP contribution in [0.5, 0.6) is 5.75 Å². The van der Waals surface area contributed by atoms with Gasteiger partial charge in [0.15, 0.2) is 0 Å². The van der Waals surface area contributed by atoms with Gasteiger partial charge in [-0.05, 0) is 24.7 Å². The van der Waals surface area contributed by atoms with E-state index in [0.717, 1.165) is 37.5 Å². The fourth-order valence-corrected chi connectivity index (χ4v) is 3.56. The van der Waals surface area contributed by atoms with Crippen LogP contribution >= 0.6 is 0 Å². The maximum Gasteiger partial charge on any atom is 0.250 e. The Hall–Kier alpha value is -1.28. The largest absolute Gasteiger partial charge is 0.491 e. The first-order valence-corrected chi connectivity index (χ1v) is 9.80. The van der Waals surface area contributed by atoms with Gasteiger partial charge in [0.1, 0.15) is 18.5 Å². The number of alkyl halides is 2. The number of β-amino-alcohol motifs (C(OH)–C–C–N with tert-alkyl or cyclic N) is 1. The number of aliphatic hydroxyl groups is 1. The number of rotatable bonds is 7. The summed E-state index contributed by atoms with van der Waals surface area (Å²) in [5.74, 6) is -1.78. The molecular formula is C20H31F2N3O2. The molecule has 2 heterocycles. The lowest BCUT2D eigenvalue weighted by Gasteiger charge is -2.33. The van der Waals surface area contributed by atoms with Crippen molar-refractivity contribution in [3.8, 4) is 5.75 Å². The molecule has 152 valence electrons. The molecule has 1 atom stereocenters. The standard InChI is InChI=1S/C20H31F2N3O2/c1-23-10-12-25(13-11-23)15-18(26)16-27-19-4-2-17(3-5-19)14-24-8-6-20(21,22)7-9-24/h2-5,18,26H,6-16H2,1H3/t18-/m1/s1. The average Bonchev–Trinajstić information content (AvgIpc) is 2.65. The van der Waals surface area contributed by atoms with Crippen LogP contribution in [0.25, 0.3) is 0 Å². The summed E-state index contributed by atoms with van der Waals surface area (Å²) in [5.41, 5.74) is 1.09. The van der Waals surface area contributed by atoms with Gasteiger partial charge < -0.3 is 14.7 Å². The molecule has 27 heavy (non-hydrogen) atoms. The molecule has 2 saturated heterocycles. The van der Waals surface area contributed by atoms with Crippen molar-refractivity contribution in [1.29, 1.82) is 0 Å². The van der Waals surface area contributed by atoms with Crippen molar-refractivity contribution in [2.24, 2.45) is 0 Å². The van der Waals surface area contributed by atoms with Crippen LogP contribution < -0.4 is 4.74 Å². The number of likely N-dealkylation sites (tertiary alicyclic amines) is 1. The van der Waals surface area contributed by atoms with E-state index >= 15 is 0 Å². The summed E-state index contributed by atoms with van der Waals surface area (Å²) < 4.78 is 32.1. The SMILES string of the molecule is CN1CCN(C[C@@H](O)COc2ccc(CN3CCC(F)(F)CC3)cc2)CC1. The molecule has 1 aromatic rings. The maximum atomic E-state index is 13.2. The lowest BCUT2D eigenvalue weighted by molar-refractivity contribution is -0.0566. The molecule has 3 rings (SSSR count). The first-order valence-electron chi connectivity index (χ1n) is 9.80. The number of likely N-dealkylation sites (N-methyl/N-ethyl adjacent to an activating group) is 1. The van der Waals surface area contributed by atoms with E-state index in [-0.39, 0.29) is 19.4 Å². The monoisotopic (exact) mass is 383 g/mol. The number of hydrogen-bond acceptors (Lipinski definition) is 5. The molecule has 0 amide bonds. The third-order valence-electron chi connectivity index (χ3n) is 5.42. The first-order chi connectivity index (χ1) is 12.9. The quantitative estimate of drug-likeness (QED) is 0.779. The van der Waals surface area contributed by atoms with E-state index in [1.807, 2.05) is 24.3 Å². The van der Waals surface area contributed by atoms with Gasteiger partial charge in [-0.3, -0.25) is 9.80 Å². The van der Waals surface area contributed by atoms with Crippen molar-refractivity contribution in [3.63, 3.8) is 0 Å². The van der Waals surface area contributed by atoms with Gasteiger partial charge in [0.2, 0.25) is 0 Å². The number of piperidine rings is 1. The van der Waals surface area contributed by atoms with Crippen molar-refractivity contribution >= 4 is 0 Å². The van der Waals surface area contributed by atoms with Gasteiger partial charge in [0.25, 0.3) is 5.92 Å². The fourth-order valence-electron chi connectivity index (χ4n) is 3.56. The van der Waals surface area contributed by atoms with E-state index in [9.17, 15) is 13.9 Å². The van der Waals surface area contributed by atoms with Crippen molar-refractivity contribution < 1.29 is 18.6 Å². The van der Waals surface area contributed by atoms with Crippen molar-refractivity contribution in [2.75, 3.05) is 59.5 Å². The van der Waals surface area contributed by atoms with Gasteiger partial charge >= 0.3 is 0 Å². The molecule has 0 aromatic heterocycles. The Morgan fingerprint density at radius 2 is 1.63 bits per heavy atom. The Labute approximate surface area is 160 Å². The smallest absolute Gasteiger partial charge is 0.250 e. The lowest BCUT2D eigenvalue weighted by atomic mass is 10.1. The van der Waals surface area contributed by atoms with Gasteiger partial charge in [-0.1, -0.05) is 12.1 Å². The van der Waals surface area contributed by atoms with Crippen molar-refractivity contribution in [3.05, 3.63) is 29.8 Å². The van der Waals surface area contributed by atoms with Crippen LogP contribution in [-0.4, -0.2) is 91.3 Å². The normalized spacial score (nSPS) is 23.3. The summed E-state index contributed by atoms with van der Waals surface area (Å²) in [6.07, 6.45) is -0.623. The zero-order valence-electron chi connectivity index (χ0n) is 16.1. The molecule has 2 aliphatic rings. The summed E-state index contributed by atoms with van der Waals surface area (Å²) in [7, 11) is 2.11.